The number of carbonyl (C=O) groups excluding carboxylic acids is 1. The molecule has 1 amide bonds. The van der Waals surface area contributed by atoms with Crippen LogP contribution >= 0.6 is 0 Å². The van der Waals surface area contributed by atoms with E-state index >= 15 is 0 Å². The van der Waals surface area contributed by atoms with Gasteiger partial charge in [0.2, 0.25) is 5.91 Å². The summed E-state index contributed by atoms with van der Waals surface area (Å²) in [4.78, 5) is 17.6. The molecule has 4 heteroatoms. The van der Waals surface area contributed by atoms with E-state index in [1.165, 1.54) is 0 Å². The Labute approximate surface area is 101 Å². The van der Waals surface area contributed by atoms with Crippen LogP contribution in [0, 0.1) is 0 Å². The van der Waals surface area contributed by atoms with Crippen LogP contribution < -0.4 is 0 Å². The van der Waals surface area contributed by atoms with Gasteiger partial charge in [0.05, 0.1) is 6.61 Å². The summed E-state index contributed by atoms with van der Waals surface area (Å²) in [7, 11) is 0. The van der Waals surface area contributed by atoms with E-state index in [1.807, 2.05) is 12.1 Å². The Hall–Kier alpha value is -1.68. The SMILES string of the molecule is O=C(/C=C/c1cccnc1)N(CCO)C1CC1. The summed E-state index contributed by atoms with van der Waals surface area (Å²) in [6.07, 6.45) is 8.80. The zero-order valence-electron chi connectivity index (χ0n) is 9.62. The molecule has 0 unspecified atom stereocenters. The number of aliphatic hydroxyl groups excluding tert-OH is 1. The van der Waals surface area contributed by atoms with Gasteiger partial charge in [-0.25, -0.2) is 0 Å². The highest BCUT2D eigenvalue weighted by molar-refractivity contribution is 5.92. The smallest absolute Gasteiger partial charge is 0.246 e. The van der Waals surface area contributed by atoms with Gasteiger partial charge >= 0.3 is 0 Å². The Morgan fingerprint density at radius 1 is 1.59 bits per heavy atom. The summed E-state index contributed by atoms with van der Waals surface area (Å²) in [5.74, 6) is -0.0367. The Balaban J connectivity index is 1.97. The first kappa shape index (κ1) is 11.8. The maximum atomic E-state index is 11.9. The Morgan fingerprint density at radius 2 is 2.41 bits per heavy atom. The van der Waals surface area contributed by atoms with Crippen LogP contribution in [-0.2, 0) is 4.79 Å². The summed E-state index contributed by atoms with van der Waals surface area (Å²) in [5, 5.41) is 8.92. The first-order valence-electron chi connectivity index (χ1n) is 5.81. The highest BCUT2D eigenvalue weighted by Gasteiger charge is 2.30. The van der Waals surface area contributed by atoms with Gasteiger partial charge in [0.1, 0.15) is 0 Å². The largest absolute Gasteiger partial charge is 0.395 e. The van der Waals surface area contributed by atoms with Gasteiger partial charge in [-0.1, -0.05) is 6.07 Å². The average Bonchev–Trinajstić information content (AvgIpc) is 3.18. The van der Waals surface area contributed by atoms with E-state index in [2.05, 4.69) is 4.98 Å². The summed E-state index contributed by atoms with van der Waals surface area (Å²) >= 11 is 0. The third-order valence-electron chi connectivity index (χ3n) is 2.71. The lowest BCUT2D eigenvalue weighted by Gasteiger charge is -2.19. The van der Waals surface area contributed by atoms with Gasteiger partial charge in [-0.3, -0.25) is 9.78 Å². The molecule has 0 bridgehead atoms. The zero-order chi connectivity index (χ0) is 12.1. The van der Waals surface area contributed by atoms with E-state index in [4.69, 9.17) is 5.11 Å². The number of amides is 1. The van der Waals surface area contributed by atoms with Crippen molar-refractivity contribution in [1.29, 1.82) is 0 Å². The Morgan fingerprint density at radius 3 is 3.00 bits per heavy atom. The molecule has 2 rings (SSSR count). The highest BCUT2D eigenvalue weighted by atomic mass is 16.3. The minimum atomic E-state index is -0.0367. The van der Waals surface area contributed by atoms with E-state index < -0.39 is 0 Å². The fraction of sp³-hybridized carbons (Fsp3) is 0.385. The maximum absolute atomic E-state index is 11.9. The van der Waals surface area contributed by atoms with Crippen LogP contribution in [-0.4, -0.2) is 40.1 Å². The molecule has 0 saturated heterocycles. The van der Waals surface area contributed by atoms with Gasteiger partial charge in [-0.15, -0.1) is 0 Å². The standard InChI is InChI=1S/C13H16N2O2/c16-9-8-15(12-4-5-12)13(17)6-3-11-2-1-7-14-10-11/h1-3,6-7,10,12,16H,4-5,8-9H2/b6-3+. The second-order valence-corrected chi connectivity index (χ2v) is 4.11. The van der Waals surface area contributed by atoms with Gasteiger partial charge in [0.15, 0.2) is 0 Å². The summed E-state index contributed by atoms with van der Waals surface area (Å²) < 4.78 is 0. The van der Waals surface area contributed by atoms with Crippen LogP contribution in [0.2, 0.25) is 0 Å². The Kier molecular flexibility index (Phi) is 3.88. The highest BCUT2D eigenvalue weighted by Crippen LogP contribution is 2.26. The van der Waals surface area contributed by atoms with Gasteiger partial charge < -0.3 is 10.0 Å². The van der Waals surface area contributed by atoms with Crippen molar-refractivity contribution in [3.8, 4) is 0 Å². The van der Waals surface area contributed by atoms with Crippen molar-refractivity contribution in [1.82, 2.24) is 9.88 Å². The van der Waals surface area contributed by atoms with E-state index in [9.17, 15) is 4.79 Å². The molecule has 17 heavy (non-hydrogen) atoms. The predicted octanol–water partition coefficient (Wildman–Crippen LogP) is 1.08. The quantitative estimate of drug-likeness (QED) is 0.773. The number of nitrogens with zero attached hydrogens (tertiary/aromatic N) is 2. The fourth-order valence-corrected chi connectivity index (χ4v) is 1.70. The molecule has 1 saturated carbocycles. The summed E-state index contributed by atoms with van der Waals surface area (Å²) in [6.45, 7) is 0.434. The number of hydrogen-bond acceptors (Lipinski definition) is 3. The molecule has 1 fully saturated rings. The molecule has 90 valence electrons. The maximum Gasteiger partial charge on any atom is 0.246 e. The number of aliphatic hydroxyl groups is 1. The Bertz CT molecular complexity index is 399. The molecule has 1 aromatic rings. The molecular formula is C13H16N2O2. The number of hydrogen-bond donors (Lipinski definition) is 1. The molecule has 1 aliphatic carbocycles. The summed E-state index contributed by atoms with van der Waals surface area (Å²) in [5.41, 5.74) is 0.903. The third kappa shape index (κ3) is 3.39. The molecule has 1 N–H and O–H groups in total. The molecular weight excluding hydrogens is 216 g/mol. The van der Waals surface area contributed by atoms with Crippen molar-refractivity contribution in [3.63, 3.8) is 0 Å². The molecule has 1 aliphatic rings. The van der Waals surface area contributed by atoms with Crippen LogP contribution in [0.3, 0.4) is 0 Å². The van der Waals surface area contributed by atoms with Gasteiger partial charge in [0.25, 0.3) is 0 Å². The third-order valence-corrected chi connectivity index (χ3v) is 2.71. The van der Waals surface area contributed by atoms with Crippen LogP contribution in [0.15, 0.2) is 30.6 Å². The molecule has 0 aliphatic heterocycles. The first-order chi connectivity index (χ1) is 8.31. The second-order valence-electron chi connectivity index (χ2n) is 4.11. The van der Waals surface area contributed by atoms with Gasteiger partial charge in [-0.2, -0.15) is 0 Å². The number of rotatable bonds is 5. The van der Waals surface area contributed by atoms with Crippen LogP contribution in [0.1, 0.15) is 18.4 Å². The van der Waals surface area contributed by atoms with Crippen molar-refractivity contribution in [2.75, 3.05) is 13.2 Å². The predicted molar refractivity (Wildman–Crippen MR) is 65.1 cm³/mol. The van der Waals surface area contributed by atoms with Gasteiger partial charge in [-0.05, 0) is 30.5 Å². The molecule has 4 nitrogen and oxygen atoms in total. The lowest BCUT2D eigenvalue weighted by Crippen LogP contribution is -2.34. The number of carbonyl (C=O) groups is 1. The van der Waals surface area contributed by atoms with E-state index in [-0.39, 0.29) is 12.5 Å². The van der Waals surface area contributed by atoms with Crippen LogP contribution in [0.5, 0.6) is 0 Å². The lowest BCUT2D eigenvalue weighted by molar-refractivity contribution is -0.127. The minimum absolute atomic E-state index is 0.0168. The van der Waals surface area contributed by atoms with Crippen LogP contribution in [0.25, 0.3) is 6.08 Å². The molecule has 0 aromatic carbocycles. The molecule has 0 atom stereocenters. The molecule has 1 aromatic heterocycles. The van der Waals surface area contributed by atoms with Crippen molar-refractivity contribution in [2.24, 2.45) is 0 Å². The fourth-order valence-electron chi connectivity index (χ4n) is 1.70. The van der Waals surface area contributed by atoms with Crippen molar-refractivity contribution in [3.05, 3.63) is 36.2 Å². The van der Waals surface area contributed by atoms with Crippen LogP contribution in [0.4, 0.5) is 0 Å². The summed E-state index contributed by atoms with van der Waals surface area (Å²) in [6, 6.07) is 4.05. The normalized spacial score (nSPS) is 15.1. The van der Waals surface area contributed by atoms with E-state index in [0.29, 0.717) is 12.6 Å². The van der Waals surface area contributed by atoms with Gasteiger partial charge in [0, 0.05) is 31.1 Å². The number of aromatic nitrogens is 1. The zero-order valence-corrected chi connectivity index (χ0v) is 9.62. The molecule has 0 radical (unpaired) electrons. The topological polar surface area (TPSA) is 53.4 Å². The van der Waals surface area contributed by atoms with E-state index in [0.717, 1.165) is 18.4 Å². The lowest BCUT2D eigenvalue weighted by atomic mass is 10.2. The second kappa shape index (κ2) is 5.59. The molecule has 0 spiro atoms. The number of pyridine rings is 1. The molecule has 1 heterocycles. The van der Waals surface area contributed by atoms with Crippen molar-refractivity contribution >= 4 is 12.0 Å². The van der Waals surface area contributed by atoms with Crippen molar-refractivity contribution < 1.29 is 9.90 Å². The van der Waals surface area contributed by atoms with E-state index in [1.54, 1.807) is 29.4 Å². The van der Waals surface area contributed by atoms with Crippen molar-refractivity contribution in [2.45, 2.75) is 18.9 Å². The monoisotopic (exact) mass is 232 g/mol. The first-order valence-corrected chi connectivity index (χ1v) is 5.81. The minimum Gasteiger partial charge on any atom is -0.395 e. The average molecular weight is 232 g/mol.